The molecule has 136 valence electrons. The predicted molar refractivity (Wildman–Crippen MR) is 79.8 cm³/mol. The van der Waals surface area contributed by atoms with E-state index in [-0.39, 0.29) is 22.6 Å². The summed E-state index contributed by atoms with van der Waals surface area (Å²) < 4.78 is 54.8. The molecule has 0 radical (unpaired) electrons. The van der Waals surface area contributed by atoms with Crippen molar-refractivity contribution in [1.82, 2.24) is 9.88 Å². The van der Waals surface area contributed by atoms with E-state index in [0.29, 0.717) is 0 Å². The van der Waals surface area contributed by atoms with Gasteiger partial charge in [0.1, 0.15) is 11.6 Å². The van der Waals surface area contributed by atoms with Gasteiger partial charge in [0.05, 0.1) is 16.8 Å². The molecule has 2 aromatic rings. The Labute approximate surface area is 142 Å². The average molecular weight is 371 g/mol. The summed E-state index contributed by atoms with van der Waals surface area (Å²) in [7, 11) is 0. The van der Waals surface area contributed by atoms with Gasteiger partial charge in [0.2, 0.25) is 0 Å². The van der Waals surface area contributed by atoms with Crippen LogP contribution < -0.4 is 21.3 Å². The van der Waals surface area contributed by atoms with Crippen LogP contribution in [-0.2, 0) is 0 Å². The Kier molecular flexibility index (Phi) is 3.93. The number of rotatable bonds is 4. The van der Waals surface area contributed by atoms with Gasteiger partial charge in [0, 0.05) is 6.07 Å². The number of anilines is 1. The van der Waals surface area contributed by atoms with Gasteiger partial charge in [0.15, 0.2) is 0 Å². The van der Waals surface area contributed by atoms with Gasteiger partial charge in [0.25, 0.3) is 17.4 Å². The first-order valence-corrected chi connectivity index (χ1v) is 6.98. The zero-order valence-electron chi connectivity index (χ0n) is 12.6. The molecule has 1 aromatic carbocycles. The second-order valence-electron chi connectivity index (χ2n) is 5.23. The van der Waals surface area contributed by atoms with E-state index in [4.69, 9.17) is 5.73 Å². The quantitative estimate of drug-likeness (QED) is 0.627. The molecule has 7 nitrogen and oxygen atoms in total. The number of fused-ring (bicyclic) bond motifs is 1. The van der Waals surface area contributed by atoms with E-state index in [1.807, 2.05) is 5.32 Å². The van der Waals surface area contributed by atoms with Crippen molar-refractivity contribution in [2.24, 2.45) is 0 Å². The number of aromatic nitrogens is 1. The summed E-state index contributed by atoms with van der Waals surface area (Å²) >= 11 is 0. The van der Waals surface area contributed by atoms with E-state index in [1.54, 1.807) is 0 Å². The molecule has 0 bridgehead atoms. The topological polar surface area (TPSA) is 103 Å². The van der Waals surface area contributed by atoms with Crippen molar-refractivity contribution >= 4 is 17.6 Å². The summed E-state index contributed by atoms with van der Waals surface area (Å²) in [6.07, 6.45) is -8.70. The van der Waals surface area contributed by atoms with Gasteiger partial charge in [-0.2, -0.15) is 17.6 Å². The largest absolute Gasteiger partial charge is 0.461 e. The van der Waals surface area contributed by atoms with Crippen molar-refractivity contribution in [3.05, 3.63) is 51.8 Å². The number of imide groups is 1. The first-order valence-electron chi connectivity index (χ1n) is 6.98. The summed E-state index contributed by atoms with van der Waals surface area (Å²) in [5.74, 6) is -2.45. The van der Waals surface area contributed by atoms with Crippen LogP contribution in [0.4, 0.5) is 23.4 Å². The third kappa shape index (κ3) is 2.76. The van der Waals surface area contributed by atoms with E-state index < -0.39 is 35.7 Å². The van der Waals surface area contributed by atoms with E-state index in [1.165, 1.54) is 0 Å². The molecule has 0 saturated heterocycles. The standard InChI is InChI=1S/C15H9F4N3O4/c16-14(17)15(18,19)26-7-3-1-6(2-4-7)22-9(23)5-8-10(11(22)20)13(25)21-12(8)24/h1-5,14H,20H2,(H,21,24,25). The van der Waals surface area contributed by atoms with Gasteiger partial charge in [-0.25, -0.2) is 0 Å². The molecular formula is C15H9F4N3O4. The average Bonchev–Trinajstić information content (AvgIpc) is 2.82. The Hall–Kier alpha value is -3.37. The van der Waals surface area contributed by atoms with Gasteiger partial charge in [-0.3, -0.25) is 24.3 Å². The van der Waals surface area contributed by atoms with E-state index >= 15 is 0 Å². The number of hydrogen-bond acceptors (Lipinski definition) is 5. The number of alkyl halides is 4. The lowest BCUT2D eigenvalue weighted by Gasteiger charge is -2.17. The summed E-state index contributed by atoms with van der Waals surface area (Å²) in [6.45, 7) is 0. The minimum absolute atomic E-state index is 0.0511. The second kappa shape index (κ2) is 5.86. The molecule has 0 unspecified atom stereocenters. The third-order valence-corrected chi connectivity index (χ3v) is 3.56. The van der Waals surface area contributed by atoms with Crippen LogP contribution in [0.3, 0.4) is 0 Å². The number of benzene rings is 1. The van der Waals surface area contributed by atoms with Crippen molar-refractivity contribution in [2.75, 3.05) is 5.73 Å². The molecule has 0 fully saturated rings. The van der Waals surface area contributed by atoms with Crippen molar-refractivity contribution in [3.8, 4) is 11.4 Å². The van der Waals surface area contributed by atoms with Crippen LogP contribution in [-0.4, -0.2) is 28.9 Å². The number of nitrogen functional groups attached to an aromatic ring is 1. The first kappa shape index (κ1) is 17.5. The molecule has 0 saturated carbocycles. The highest BCUT2D eigenvalue weighted by Gasteiger charge is 2.44. The molecule has 0 spiro atoms. The number of carbonyl (C=O) groups is 2. The van der Waals surface area contributed by atoms with Crippen LogP contribution in [0.1, 0.15) is 20.7 Å². The number of carbonyl (C=O) groups excluding carboxylic acids is 2. The lowest BCUT2D eigenvalue weighted by atomic mass is 10.1. The smallest absolute Gasteiger partial charge is 0.428 e. The zero-order valence-corrected chi connectivity index (χ0v) is 12.6. The molecule has 0 aliphatic carbocycles. The highest BCUT2D eigenvalue weighted by Crippen LogP contribution is 2.29. The Morgan fingerprint density at radius 2 is 1.69 bits per heavy atom. The first-order chi connectivity index (χ1) is 12.1. The van der Waals surface area contributed by atoms with Crippen molar-refractivity contribution in [2.45, 2.75) is 12.5 Å². The van der Waals surface area contributed by atoms with Crippen LogP contribution in [0.5, 0.6) is 5.75 Å². The highest BCUT2D eigenvalue weighted by molar-refractivity contribution is 6.23. The summed E-state index contributed by atoms with van der Waals surface area (Å²) in [6, 6.07) is 4.97. The van der Waals surface area contributed by atoms with Gasteiger partial charge in [-0.1, -0.05) is 0 Å². The van der Waals surface area contributed by atoms with Crippen LogP contribution in [0.2, 0.25) is 0 Å². The number of halogens is 4. The molecule has 3 N–H and O–H groups in total. The molecule has 0 atom stereocenters. The fourth-order valence-corrected chi connectivity index (χ4v) is 2.41. The maximum absolute atomic E-state index is 12.9. The maximum Gasteiger partial charge on any atom is 0.461 e. The van der Waals surface area contributed by atoms with Gasteiger partial charge in [-0.05, 0) is 24.3 Å². The van der Waals surface area contributed by atoms with Crippen molar-refractivity contribution in [1.29, 1.82) is 0 Å². The fraction of sp³-hybridized carbons (Fsp3) is 0.133. The monoisotopic (exact) mass is 371 g/mol. The molecule has 2 heterocycles. The molecular weight excluding hydrogens is 362 g/mol. The highest BCUT2D eigenvalue weighted by atomic mass is 19.3. The number of pyridine rings is 1. The summed E-state index contributed by atoms with van der Waals surface area (Å²) in [5.41, 5.74) is 4.73. The van der Waals surface area contributed by atoms with Gasteiger partial charge in [-0.15, -0.1) is 0 Å². The number of nitrogens with two attached hydrogens (primary N) is 1. The van der Waals surface area contributed by atoms with Crippen LogP contribution in [0, 0.1) is 0 Å². The SMILES string of the molecule is Nc1c2c(cc(=O)n1-c1ccc(OC(F)(F)C(F)F)cc1)C(=O)NC2=O. The van der Waals surface area contributed by atoms with E-state index in [0.717, 1.165) is 34.9 Å². The fourth-order valence-electron chi connectivity index (χ4n) is 2.41. The third-order valence-electron chi connectivity index (χ3n) is 3.56. The second-order valence-corrected chi connectivity index (χ2v) is 5.23. The number of nitrogens with one attached hydrogen (secondary N) is 1. The predicted octanol–water partition coefficient (Wildman–Crippen LogP) is 1.54. The lowest BCUT2D eigenvalue weighted by molar-refractivity contribution is -0.253. The maximum atomic E-state index is 12.9. The molecule has 3 rings (SSSR count). The summed E-state index contributed by atoms with van der Waals surface area (Å²) in [4.78, 5) is 35.5. The molecule has 2 amide bonds. The Balaban J connectivity index is 2.01. The number of nitrogens with zero attached hydrogens (tertiary/aromatic N) is 1. The molecule has 1 aromatic heterocycles. The molecule has 11 heteroatoms. The van der Waals surface area contributed by atoms with Crippen LogP contribution in [0.25, 0.3) is 5.69 Å². The Bertz CT molecular complexity index is 970. The van der Waals surface area contributed by atoms with Crippen molar-refractivity contribution in [3.63, 3.8) is 0 Å². The Morgan fingerprint density at radius 1 is 1.08 bits per heavy atom. The molecule has 26 heavy (non-hydrogen) atoms. The van der Waals surface area contributed by atoms with E-state index in [2.05, 4.69) is 4.74 Å². The molecule has 1 aliphatic rings. The minimum Gasteiger partial charge on any atom is -0.428 e. The van der Waals surface area contributed by atoms with Crippen molar-refractivity contribution < 1.29 is 31.9 Å². The zero-order chi connectivity index (χ0) is 19.2. The van der Waals surface area contributed by atoms with Crippen LogP contribution in [0.15, 0.2) is 35.1 Å². The Morgan fingerprint density at radius 3 is 2.27 bits per heavy atom. The molecule has 1 aliphatic heterocycles. The lowest BCUT2D eigenvalue weighted by Crippen LogP contribution is -2.33. The minimum atomic E-state index is -4.68. The van der Waals surface area contributed by atoms with Gasteiger partial charge >= 0.3 is 12.5 Å². The van der Waals surface area contributed by atoms with Gasteiger partial charge < -0.3 is 10.5 Å². The number of hydrogen-bond donors (Lipinski definition) is 2. The summed E-state index contributed by atoms with van der Waals surface area (Å²) in [5, 5.41) is 1.99. The van der Waals surface area contributed by atoms with E-state index in [9.17, 15) is 31.9 Å². The number of amides is 2. The van der Waals surface area contributed by atoms with Crippen LogP contribution >= 0.6 is 0 Å². The normalized spacial score (nSPS) is 13.7. The number of ether oxygens (including phenoxy) is 1.